The van der Waals surface area contributed by atoms with E-state index in [1.807, 2.05) is 18.2 Å². The van der Waals surface area contributed by atoms with Crippen molar-refractivity contribution in [2.45, 2.75) is 31.2 Å². The van der Waals surface area contributed by atoms with Gasteiger partial charge in [-0.2, -0.15) is 0 Å². The number of hydrogen-bond donors (Lipinski definition) is 1. The molecular weight excluding hydrogens is 182 g/mol. The van der Waals surface area contributed by atoms with Crippen LogP contribution >= 0.6 is 11.6 Å². The number of hydrogen-bond acceptors (Lipinski definition) is 1. The second-order valence-electron chi connectivity index (χ2n) is 3.72. The molecule has 1 aliphatic rings. The van der Waals surface area contributed by atoms with E-state index in [0.29, 0.717) is 12.0 Å². The van der Waals surface area contributed by atoms with Crippen molar-refractivity contribution in [1.82, 2.24) is 0 Å². The van der Waals surface area contributed by atoms with Gasteiger partial charge >= 0.3 is 0 Å². The Hall–Kier alpha value is -0.530. The van der Waals surface area contributed by atoms with E-state index in [2.05, 4.69) is 6.07 Å². The van der Waals surface area contributed by atoms with Gasteiger partial charge in [0.1, 0.15) is 0 Å². The zero-order valence-corrected chi connectivity index (χ0v) is 8.30. The number of rotatable bonds is 1. The molecule has 0 spiro atoms. The van der Waals surface area contributed by atoms with E-state index in [1.54, 1.807) is 0 Å². The quantitative estimate of drug-likeness (QED) is 0.733. The maximum absolute atomic E-state index is 6.11. The minimum absolute atomic E-state index is 0.305. The minimum atomic E-state index is 0.305. The van der Waals surface area contributed by atoms with Crippen LogP contribution in [-0.4, -0.2) is 6.04 Å². The molecule has 1 aliphatic carbocycles. The second-order valence-corrected chi connectivity index (χ2v) is 4.13. The topological polar surface area (TPSA) is 26.0 Å². The molecule has 0 unspecified atom stereocenters. The molecule has 13 heavy (non-hydrogen) atoms. The lowest BCUT2D eigenvalue weighted by atomic mass is 9.95. The molecule has 1 saturated carbocycles. The van der Waals surface area contributed by atoms with E-state index < -0.39 is 0 Å². The van der Waals surface area contributed by atoms with Crippen LogP contribution in [0.3, 0.4) is 0 Å². The summed E-state index contributed by atoms with van der Waals surface area (Å²) in [5.41, 5.74) is 7.25. The summed E-state index contributed by atoms with van der Waals surface area (Å²) >= 11 is 6.11. The Bertz CT molecular complexity index is 298. The summed E-state index contributed by atoms with van der Waals surface area (Å²) in [6, 6.07) is 8.35. The van der Waals surface area contributed by atoms with E-state index in [4.69, 9.17) is 17.3 Å². The summed E-state index contributed by atoms with van der Waals surface area (Å²) in [6.45, 7) is 0. The molecule has 0 radical (unpaired) electrons. The molecule has 0 heterocycles. The lowest BCUT2D eigenvalue weighted by Gasteiger charge is -2.16. The summed E-state index contributed by atoms with van der Waals surface area (Å²) in [5, 5.41) is 0.866. The molecule has 2 rings (SSSR count). The van der Waals surface area contributed by atoms with Gasteiger partial charge in [-0.3, -0.25) is 0 Å². The van der Waals surface area contributed by atoms with Gasteiger partial charge in [0.15, 0.2) is 0 Å². The Labute approximate surface area is 83.9 Å². The smallest absolute Gasteiger partial charge is 0.0441 e. The third kappa shape index (κ3) is 1.72. The average molecular weight is 196 g/mol. The molecule has 1 fully saturated rings. The molecule has 1 nitrogen and oxygen atoms in total. The molecule has 1 aromatic carbocycles. The maximum Gasteiger partial charge on any atom is 0.0441 e. The fourth-order valence-corrected chi connectivity index (χ4v) is 2.43. The Balaban J connectivity index is 2.29. The molecule has 0 aliphatic heterocycles. The van der Waals surface area contributed by atoms with Crippen molar-refractivity contribution < 1.29 is 0 Å². The lowest BCUT2D eigenvalue weighted by molar-refractivity contribution is 0.613. The summed E-state index contributed by atoms with van der Waals surface area (Å²) in [5.74, 6) is 0.480. The summed E-state index contributed by atoms with van der Waals surface area (Å²) < 4.78 is 0. The van der Waals surface area contributed by atoms with E-state index in [-0.39, 0.29) is 0 Å². The first-order valence-corrected chi connectivity index (χ1v) is 5.17. The van der Waals surface area contributed by atoms with Crippen molar-refractivity contribution in [3.05, 3.63) is 34.9 Å². The van der Waals surface area contributed by atoms with Gasteiger partial charge in [0.2, 0.25) is 0 Å². The molecule has 0 aromatic heterocycles. The van der Waals surface area contributed by atoms with Crippen LogP contribution in [0.4, 0.5) is 0 Å². The van der Waals surface area contributed by atoms with Crippen LogP contribution in [0.15, 0.2) is 24.3 Å². The van der Waals surface area contributed by atoms with E-state index in [0.717, 1.165) is 11.4 Å². The Morgan fingerprint density at radius 2 is 2.00 bits per heavy atom. The van der Waals surface area contributed by atoms with E-state index in [1.165, 1.54) is 18.4 Å². The van der Waals surface area contributed by atoms with Gasteiger partial charge in [-0.25, -0.2) is 0 Å². The Kier molecular flexibility index (Phi) is 2.56. The first-order chi connectivity index (χ1) is 6.29. The highest BCUT2D eigenvalue weighted by atomic mass is 35.5. The van der Waals surface area contributed by atoms with Gasteiger partial charge in [0, 0.05) is 17.0 Å². The molecule has 70 valence electrons. The molecule has 0 saturated heterocycles. The molecule has 2 atom stereocenters. The van der Waals surface area contributed by atoms with Crippen LogP contribution < -0.4 is 5.73 Å². The highest BCUT2D eigenvalue weighted by molar-refractivity contribution is 6.31. The summed E-state index contributed by atoms with van der Waals surface area (Å²) in [6.07, 6.45) is 3.55. The number of nitrogens with two attached hydrogens (primary N) is 1. The van der Waals surface area contributed by atoms with Crippen molar-refractivity contribution in [3.63, 3.8) is 0 Å². The zero-order valence-electron chi connectivity index (χ0n) is 7.54. The van der Waals surface area contributed by atoms with Crippen molar-refractivity contribution in [3.8, 4) is 0 Å². The normalized spacial score (nSPS) is 27.8. The monoisotopic (exact) mass is 195 g/mol. The van der Waals surface area contributed by atoms with Gasteiger partial charge < -0.3 is 5.73 Å². The van der Waals surface area contributed by atoms with Gasteiger partial charge in [-0.05, 0) is 24.5 Å². The van der Waals surface area contributed by atoms with Crippen LogP contribution in [-0.2, 0) is 0 Å². The molecule has 0 amide bonds. The lowest BCUT2D eigenvalue weighted by Crippen LogP contribution is -2.22. The number of halogens is 1. The molecular formula is C11H14ClN. The van der Waals surface area contributed by atoms with E-state index in [9.17, 15) is 0 Å². The fourth-order valence-electron chi connectivity index (χ4n) is 2.15. The molecule has 2 N–H and O–H groups in total. The van der Waals surface area contributed by atoms with Crippen molar-refractivity contribution >= 4 is 11.6 Å². The SMILES string of the molecule is N[C@H]1CCC[C@@H]1c1ccccc1Cl. The van der Waals surface area contributed by atoms with E-state index >= 15 is 0 Å². The Morgan fingerprint density at radius 3 is 2.62 bits per heavy atom. The van der Waals surface area contributed by atoms with Crippen LogP contribution in [0.5, 0.6) is 0 Å². The third-order valence-corrected chi connectivity index (χ3v) is 3.22. The molecule has 2 heteroatoms. The fraction of sp³-hybridized carbons (Fsp3) is 0.455. The highest BCUT2D eigenvalue weighted by Crippen LogP contribution is 2.36. The zero-order chi connectivity index (χ0) is 9.26. The third-order valence-electron chi connectivity index (χ3n) is 2.87. The standard InChI is InChI=1S/C11H14ClN/c12-10-6-2-1-4-8(10)9-5-3-7-11(9)13/h1-2,4,6,9,11H,3,5,7,13H2/t9-,11+/m1/s1. The van der Waals surface area contributed by atoms with Gasteiger partial charge in [0.05, 0.1) is 0 Å². The first-order valence-electron chi connectivity index (χ1n) is 4.79. The predicted octanol–water partition coefficient (Wildman–Crippen LogP) is 2.93. The van der Waals surface area contributed by atoms with Crippen LogP contribution in [0.2, 0.25) is 5.02 Å². The van der Waals surface area contributed by atoms with Crippen molar-refractivity contribution in [1.29, 1.82) is 0 Å². The average Bonchev–Trinajstić information content (AvgIpc) is 2.52. The van der Waals surface area contributed by atoms with Crippen molar-refractivity contribution in [2.75, 3.05) is 0 Å². The minimum Gasteiger partial charge on any atom is -0.327 e. The molecule has 1 aromatic rings. The van der Waals surface area contributed by atoms with Crippen LogP contribution in [0.1, 0.15) is 30.7 Å². The maximum atomic E-state index is 6.11. The Morgan fingerprint density at radius 1 is 1.23 bits per heavy atom. The first kappa shape index (κ1) is 9.04. The largest absolute Gasteiger partial charge is 0.327 e. The van der Waals surface area contributed by atoms with Gasteiger partial charge in [-0.15, -0.1) is 0 Å². The van der Waals surface area contributed by atoms with Crippen LogP contribution in [0.25, 0.3) is 0 Å². The summed E-state index contributed by atoms with van der Waals surface area (Å²) in [4.78, 5) is 0. The predicted molar refractivity (Wildman–Crippen MR) is 56.0 cm³/mol. The van der Waals surface area contributed by atoms with Gasteiger partial charge in [0.25, 0.3) is 0 Å². The van der Waals surface area contributed by atoms with Crippen molar-refractivity contribution in [2.24, 2.45) is 5.73 Å². The second kappa shape index (κ2) is 3.69. The number of benzene rings is 1. The highest BCUT2D eigenvalue weighted by Gasteiger charge is 2.26. The van der Waals surface area contributed by atoms with Crippen LogP contribution in [0, 0.1) is 0 Å². The summed E-state index contributed by atoms with van der Waals surface area (Å²) in [7, 11) is 0. The molecule has 0 bridgehead atoms. The van der Waals surface area contributed by atoms with Gasteiger partial charge in [-0.1, -0.05) is 36.2 Å².